The van der Waals surface area contributed by atoms with Crippen molar-refractivity contribution >= 4 is 31.7 Å². The summed E-state index contributed by atoms with van der Waals surface area (Å²) in [5, 5.41) is 3.09. The zero-order valence-electron chi connectivity index (χ0n) is 12.6. The van der Waals surface area contributed by atoms with Gasteiger partial charge in [-0.25, -0.2) is 17.6 Å². The van der Waals surface area contributed by atoms with E-state index in [4.69, 9.17) is 4.74 Å². The lowest BCUT2D eigenvalue weighted by atomic mass is 9.86. The topological polar surface area (TPSA) is 72.5 Å². The van der Waals surface area contributed by atoms with Crippen LogP contribution in [0.5, 0.6) is 0 Å². The highest BCUT2D eigenvalue weighted by Crippen LogP contribution is 2.48. The summed E-state index contributed by atoms with van der Waals surface area (Å²) in [5.74, 6) is -1.75. The van der Waals surface area contributed by atoms with Crippen molar-refractivity contribution < 1.29 is 22.3 Å². The van der Waals surface area contributed by atoms with Gasteiger partial charge >= 0.3 is 5.97 Å². The Hall–Kier alpha value is -1.67. The van der Waals surface area contributed by atoms with Gasteiger partial charge in [-0.2, -0.15) is 0 Å². The van der Waals surface area contributed by atoms with Crippen molar-refractivity contribution in [2.24, 2.45) is 0 Å². The van der Waals surface area contributed by atoms with Crippen LogP contribution in [0, 0.1) is 5.82 Å². The third-order valence-electron chi connectivity index (χ3n) is 4.57. The molecule has 24 heavy (non-hydrogen) atoms. The van der Waals surface area contributed by atoms with Gasteiger partial charge < -0.3 is 10.1 Å². The first-order chi connectivity index (χ1) is 11.3. The van der Waals surface area contributed by atoms with Crippen molar-refractivity contribution in [3.05, 3.63) is 55.9 Å². The zero-order chi connectivity index (χ0) is 17.2. The van der Waals surface area contributed by atoms with Gasteiger partial charge in [-0.3, -0.25) is 0 Å². The molecule has 0 saturated heterocycles. The van der Waals surface area contributed by atoms with Crippen molar-refractivity contribution in [3.63, 3.8) is 0 Å². The molecular weight excluding hydrogens is 401 g/mol. The lowest BCUT2D eigenvalue weighted by Crippen LogP contribution is -2.28. The SMILES string of the molecule is C[C@@H]1OC(=O)C2=C1NC1=C([C@H]2c2ccc(F)c(Br)c2)S(=O)(=O)CC1. The largest absolute Gasteiger partial charge is 0.453 e. The van der Waals surface area contributed by atoms with E-state index in [9.17, 15) is 17.6 Å². The maximum Gasteiger partial charge on any atom is 0.337 e. The van der Waals surface area contributed by atoms with Gasteiger partial charge in [0.1, 0.15) is 11.9 Å². The Morgan fingerprint density at radius 2 is 2.12 bits per heavy atom. The molecule has 1 N–H and O–H groups in total. The van der Waals surface area contributed by atoms with Gasteiger partial charge in [0.15, 0.2) is 9.84 Å². The molecule has 1 aromatic carbocycles. The smallest absolute Gasteiger partial charge is 0.337 e. The number of hydrogen-bond donors (Lipinski definition) is 1. The van der Waals surface area contributed by atoms with E-state index in [2.05, 4.69) is 21.2 Å². The van der Waals surface area contributed by atoms with Crippen LogP contribution in [0.3, 0.4) is 0 Å². The van der Waals surface area contributed by atoms with Crippen LogP contribution < -0.4 is 5.32 Å². The second kappa shape index (κ2) is 5.16. The summed E-state index contributed by atoms with van der Waals surface area (Å²) in [4.78, 5) is 12.5. The third kappa shape index (κ3) is 2.16. The average molecular weight is 414 g/mol. The van der Waals surface area contributed by atoms with Crippen molar-refractivity contribution in [2.45, 2.75) is 25.4 Å². The minimum absolute atomic E-state index is 0.00746. The number of carbonyl (C=O) groups is 1. The predicted octanol–water partition coefficient (Wildman–Crippen LogP) is 2.50. The Balaban J connectivity index is 1.97. The van der Waals surface area contributed by atoms with Crippen LogP contribution in [-0.4, -0.2) is 26.2 Å². The summed E-state index contributed by atoms with van der Waals surface area (Å²) in [6, 6.07) is 4.29. The van der Waals surface area contributed by atoms with Gasteiger partial charge in [-0.1, -0.05) is 6.07 Å². The average Bonchev–Trinajstić information content (AvgIpc) is 2.98. The molecule has 0 spiro atoms. The van der Waals surface area contributed by atoms with Crippen LogP contribution in [0.25, 0.3) is 0 Å². The van der Waals surface area contributed by atoms with Crippen LogP contribution in [-0.2, 0) is 19.4 Å². The molecule has 3 aliphatic heterocycles. The van der Waals surface area contributed by atoms with E-state index in [0.29, 0.717) is 29.0 Å². The van der Waals surface area contributed by atoms with E-state index in [1.165, 1.54) is 18.2 Å². The monoisotopic (exact) mass is 413 g/mol. The molecule has 3 heterocycles. The summed E-state index contributed by atoms with van der Waals surface area (Å²) < 4.78 is 44.2. The third-order valence-corrected chi connectivity index (χ3v) is 7.07. The molecule has 126 valence electrons. The number of benzene rings is 1. The van der Waals surface area contributed by atoms with Crippen molar-refractivity contribution in [3.8, 4) is 0 Å². The number of dihydropyridines is 1. The molecule has 0 bridgehead atoms. The maximum absolute atomic E-state index is 13.6. The molecule has 1 aromatic rings. The summed E-state index contributed by atoms with van der Waals surface area (Å²) in [6.45, 7) is 1.74. The molecule has 5 nitrogen and oxygen atoms in total. The van der Waals surface area contributed by atoms with Crippen LogP contribution >= 0.6 is 15.9 Å². The molecule has 2 atom stereocenters. The fourth-order valence-electron chi connectivity index (χ4n) is 3.49. The Kier molecular flexibility index (Phi) is 3.41. The summed E-state index contributed by atoms with van der Waals surface area (Å²) in [5.41, 5.74) is 2.04. The molecule has 0 radical (unpaired) electrons. The normalized spacial score (nSPS) is 27.7. The number of esters is 1. The standard InChI is InChI=1S/C16H13BrFNO4S/c1-7-14-13(16(20)23-7)12(8-2-3-10(18)9(17)6-8)15-11(19-14)4-5-24(15,21)22/h2-3,6-7,12,19H,4-5H2,1H3/t7-,12-/m0/s1. The van der Waals surface area contributed by atoms with Crippen molar-refractivity contribution in [2.75, 3.05) is 5.75 Å². The number of rotatable bonds is 1. The fraction of sp³-hybridized carbons (Fsp3) is 0.312. The van der Waals surface area contributed by atoms with Gasteiger partial charge in [0, 0.05) is 12.1 Å². The molecule has 0 aromatic heterocycles. The maximum atomic E-state index is 13.6. The van der Waals surface area contributed by atoms with Crippen molar-refractivity contribution in [1.82, 2.24) is 5.32 Å². The molecule has 0 aliphatic carbocycles. The van der Waals surface area contributed by atoms with Gasteiger partial charge in [0.2, 0.25) is 0 Å². The van der Waals surface area contributed by atoms with Gasteiger partial charge in [0.05, 0.1) is 32.3 Å². The molecule has 0 amide bonds. The zero-order valence-corrected chi connectivity index (χ0v) is 15.0. The van der Waals surface area contributed by atoms with E-state index in [-0.39, 0.29) is 15.1 Å². The number of ether oxygens (including phenoxy) is 1. The minimum Gasteiger partial charge on any atom is -0.453 e. The molecular formula is C16H13BrFNO4S. The number of hydrogen-bond acceptors (Lipinski definition) is 5. The highest BCUT2D eigenvalue weighted by molar-refractivity contribution is 9.10. The first-order valence-electron chi connectivity index (χ1n) is 7.42. The Morgan fingerprint density at radius 3 is 2.83 bits per heavy atom. The molecule has 4 rings (SSSR count). The number of nitrogens with one attached hydrogen (secondary N) is 1. The molecule has 3 aliphatic rings. The minimum atomic E-state index is -3.48. The Labute approximate surface area is 146 Å². The second-order valence-corrected chi connectivity index (χ2v) is 8.95. The molecule has 0 unspecified atom stereocenters. The summed E-state index contributed by atoms with van der Waals surface area (Å²) in [6.07, 6.45) is -0.0925. The predicted molar refractivity (Wildman–Crippen MR) is 88.0 cm³/mol. The van der Waals surface area contributed by atoms with Crippen LogP contribution in [0.15, 0.2) is 44.5 Å². The number of cyclic esters (lactones) is 1. The van der Waals surface area contributed by atoms with E-state index in [1.54, 1.807) is 6.92 Å². The second-order valence-electron chi connectivity index (χ2n) is 6.02. The van der Waals surface area contributed by atoms with Gasteiger partial charge in [0.25, 0.3) is 0 Å². The Morgan fingerprint density at radius 1 is 1.38 bits per heavy atom. The highest BCUT2D eigenvalue weighted by atomic mass is 79.9. The van der Waals surface area contributed by atoms with Crippen LogP contribution in [0.2, 0.25) is 0 Å². The van der Waals surface area contributed by atoms with Crippen molar-refractivity contribution in [1.29, 1.82) is 0 Å². The van der Waals surface area contributed by atoms with Gasteiger partial charge in [-0.15, -0.1) is 0 Å². The first-order valence-corrected chi connectivity index (χ1v) is 9.87. The summed E-state index contributed by atoms with van der Waals surface area (Å²) >= 11 is 3.13. The molecule has 8 heteroatoms. The number of halogens is 2. The molecule has 0 saturated carbocycles. The number of carbonyl (C=O) groups excluding carboxylic acids is 1. The van der Waals surface area contributed by atoms with E-state index in [1.807, 2.05) is 0 Å². The lowest BCUT2D eigenvalue weighted by Gasteiger charge is -2.26. The summed E-state index contributed by atoms with van der Waals surface area (Å²) in [7, 11) is -3.48. The van der Waals surface area contributed by atoms with Crippen LogP contribution in [0.4, 0.5) is 4.39 Å². The van der Waals surface area contributed by atoms with E-state index in [0.717, 1.165) is 0 Å². The van der Waals surface area contributed by atoms with Gasteiger partial charge in [-0.05, 0) is 40.5 Å². The fourth-order valence-corrected chi connectivity index (χ4v) is 5.72. The molecule has 0 fully saturated rings. The highest BCUT2D eigenvalue weighted by Gasteiger charge is 2.48. The van der Waals surface area contributed by atoms with E-state index < -0.39 is 33.6 Å². The Bertz CT molecular complexity index is 951. The van der Waals surface area contributed by atoms with Crippen LogP contribution in [0.1, 0.15) is 24.8 Å². The lowest BCUT2D eigenvalue weighted by molar-refractivity contribution is -0.139. The van der Waals surface area contributed by atoms with E-state index >= 15 is 0 Å². The quantitative estimate of drug-likeness (QED) is 0.716. The number of allylic oxidation sites excluding steroid dienone is 2. The number of sulfone groups is 1. The first kappa shape index (κ1) is 15.8.